The Kier molecular flexibility index (Phi) is 6.79. The van der Waals surface area contributed by atoms with Gasteiger partial charge in [-0.25, -0.2) is 0 Å². The molecular weight excluding hydrogens is 248 g/mol. The van der Waals surface area contributed by atoms with Gasteiger partial charge in [0.1, 0.15) is 0 Å². The van der Waals surface area contributed by atoms with Gasteiger partial charge in [0.2, 0.25) is 0 Å². The largest absolute Gasteiger partial charge is 0.379 e. The zero-order valence-corrected chi connectivity index (χ0v) is 13.7. The maximum absolute atomic E-state index is 5.42. The molecule has 3 heteroatoms. The second-order valence-corrected chi connectivity index (χ2v) is 7.34. The van der Waals surface area contributed by atoms with Crippen molar-refractivity contribution in [3.63, 3.8) is 0 Å². The first kappa shape index (κ1) is 16.3. The third-order valence-corrected chi connectivity index (χ3v) is 4.74. The van der Waals surface area contributed by atoms with Crippen LogP contribution in [0.25, 0.3) is 0 Å². The van der Waals surface area contributed by atoms with Crippen LogP contribution in [-0.4, -0.2) is 49.8 Å². The normalized spacial score (nSPS) is 30.6. The van der Waals surface area contributed by atoms with Crippen molar-refractivity contribution in [1.82, 2.24) is 10.2 Å². The minimum Gasteiger partial charge on any atom is -0.379 e. The number of nitrogens with zero attached hydrogens (tertiary/aromatic N) is 1. The van der Waals surface area contributed by atoms with Crippen molar-refractivity contribution in [1.29, 1.82) is 0 Å². The van der Waals surface area contributed by atoms with E-state index in [2.05, 4.69) is 31.0 Å². The molecule has 20 heavy (non-hydrogen) atoms. The van der Waals surface area contributed by atoms with Gasteiger partial charge in [-0.2, -0.15) is 0 Å². The summed E-state index contributed by atoms with van der Waals surface area (Å²) in [5.74, 6) is 1.81. The van der Waals surface area contributed by atoms with E-state index in [1.165, 1.54) is 38.6 Å². The van der Waals surface area contributed by atoms with Crippen LogP contribution in [0.4, 0.5) is 0 Å². The summed E-state index contributed by atoms with van der Waals surface area (Å²) < 4.78 is 5.42. The summed E-state index contributed by atoms with van der Waals surface area (Å²) in [5, 5.41) is 3.89. The van der Waals surface area contributed by atoms with E-state index in [0.29, 0.717) is 6.04 Å². The van der Waals surface area contributed by atoms with Gasteiger partial charge in [-0.15, -0.1) is 0 Å². The van der Waals surface area contributed by atoms with Gasteiger partial charge in [0.05, 0.1) is 13.2 Å². The second-order valence-electron chi connectivity index (χ2n) is 7.34. The molecule has 1 N–H and O–H groups in total. The Labute approximate surface area is 125 Å². The maximum Gasteiger partial charge on any atom is 0.0594 e. The highest BCUT2D eigenvalue weighted by Gasteiger charge is 2.24. The van der Waals surface area contributed by atoms with E-state index < -0.39 is 0 Å². The Morgan fingerprint density at radius 2 is 1.90 bits per heavy atom. The van der Waals surface area contributed by atoms with E-state index in [1.54, 1.807) is 0 Å². The van der Waals surface area contributed by atoms with Crippen molar-refractivity contribution in [2.45, 2.75) is 65.0 Å². The lowest BCUT2D eigenvalue weighted by Gasteiger charge is -2.35. The average Bonchev–Trinajstić information content (AvgIpc) is 2.39. The molecule has 0 aromatic heterocycles. The number of hydrogen-bond acceptors (Lipinski definition) is 3. The fourth-order valence-electron chi connectivity index (χ4n) is 3.95. The quantitative estimate of drug-likeness (QED) is 0.811. The summed E-state index contributed by atoms with van der Waals surface area (Å²) in [4.78, 5) is 2.54. The molecule has 1 heterocycles. The summed E-state index contributed by atoms with van der Waals surface area (Å²) >= 11 is 0. The van der Waals surface area contributed by atoms with Crippen molar-refractivity contribution in [3.8, 4) is 0 Å². The van der Waals surface area contributed by atoms with Crippen LogP contribution in [0.2, 0.25) is 0 Å². The summed E-state index contributed by atoms with van der Waals surface area (Å²) in [7, 11) is 0. The van der Waals surface area contributed by atoms with Gasteiger partial charge >= 0.3 is 0 Å². The molecule has 1 aliphatic carbocycles. The Hall–Kier alpha value is -0.120. The molecule has 0 spiro atoms. The van der Waals surface area contributed by atoms with Crippen LogP contribution >= 0.6 is 0 Å². The van der Waals surface area contributed by atoms with Gasteiger partial charge in [-0.05, 0) is 38.0 Å². The molecule has 1 saturated heterocycles. The van der Waals surface area contributed by atoms with Gasteiger partial charge < -0.3 is 10.1 Å². The van der Waals surface area contributed by atoms with E-state index in [9.17, 15) is 0 Å². The third kappa shape index (κ3) is 5.71. The SMILES string of the molecule is CC(C)CC1CCCC(NC(C)CN2CCOCC2)C1. The number of ether oxygens (including phenoxy) is 1. The summed E-state index contributed by atoms with van der Waals surface area (Å²) in [6, 6.07) is 1.36. The Morgan fingerprint density at radius 1 is 1.15 bits per heavy atom. The topological polar surface area (TPSA) is 24.5 Å². The van der Waals surface area contributed by atoms with Gasteiger partial charge in [-0.1, -0.05) is 26.7 Å². The highest BCUT2D eigenvalue weighted by Crippen LogP contribution is 2.29. The van der Waals surface area contributed by atoms with Gasteiger partial charge in [-0.3, -0.25) is 4.90 Å². The van der Waals surface area contributed by atoms with Crippen LogP contribution in [0, 0.1) is 11.8 Å². The molecule has 2 fully saturated rings. The minimum absolute atomic E-state index is 0.607. The average molecular weight is 282 g/mol. The molecule has 3 unspecified atom stereocenters. The first-order valence-corrected chi connectivity index (χ1v) is 8.69. The molecule has 3 nitrogen and oxygen atoms in total. The number of nitrogens with one attached hydrogen (secondary N) is 1. The van der Waals surface area contributed by atoms with E-state index >= 15 is 0 Å². The van der Waals surface area contributed by atoms with Crippen LogP contribution < -0.4 is 5.32 Å². The van der Waals surface area contributed by atoms with Crippen molar-refractivity contribution in [2.24, 2.45) is 11.8 Å². The fourth-order valence-corrected chi connectivity index (χ4v) is 3.95. The summed E-state index contributed by atoms with van der Waals surface area (Å²) in [5.41, 5.74) is 0. The van der Waals surface area contributed by atoms with Crippen LogP contribution in [0.3, 0.4) is 0 Å². The van der Waals surface area contributed by atoms with E-state index in [1.807, 2.05) is 0 Å². The van der Waals surface area contributed by atoms with Crippen molar-refractivity contribution in [3.05, 3.63) is 0 Å². The molecular formula is C17H34N2O. The second kappa shape index (κ2) is 8.35. The van der Waals surface area contributed by atoms with Gasteiger partial charge in [0, 0.05) is 31.7 Å². The van der Waals surface area contributed by atoms with Crippen molar-refractivity contribution < 1.29 is 4.74 Å². The Morgan fingerprint density at radius 3 is 2.60 bits per heavy atom. The van der Waals surface area contributed by atoms with Crippen LogP contribution in [0.1, 0.15) is 52.9 Å². The molecule has 0 aromatic rings. The summed E-state index contributed by atoms with van der Waals surface area (Å²) in [6.07, 6.45) is 7.05. The van der Waals surface area contributed by atoms with E-state index in [-0.39, 0.29) is 0 Å². The monoisotopic (exact) mass is 282 g/mol. The van der Waals surface area contributed by atoms with E-state index in [4.69, 9.17) is 4.74 Å². The lowest BCUT2D eigenvalue weighted by Crippen LogP contribution is -2.48. The predicted molar refractivity (Wildman–Crippen MR) is 85.1 cm³/mol. The molecule has 0 radical (unpaired) electrons. The molecule has 1 aliphatic heterocycles. The first-order valence-electron chi connectivity index (χ1n) is 8.69. The molecule has 1 saturated carbocycles. The maximum atomic E-state index is 5.42. The molecule has 0 amide bonds. The van der Waals surface area contributed by atoms with Gasteiger partial charge in [0.25, 0.3) is 0 Å². The summed E-state index contributed by atoms with van der Waals surface area (Å²) in [6.45, 7) is 12.3. The highest BCUT2D eigenvalue weighted by atomic mass is 16.5. The lowest BCUT2D eigenvalue weighted by atomic mass is 9.81. The molecule has 118 valence electrons. The zero-order chi connectivity index (χ0) is 14.4. The third-order valence-electron chi connectivity index (χ3n) is 4.74. The lowest BCUT2D eigenvalue weighted by molar-refractivity contribution is 0.0333. The Balaban J connectivity index is 1.68. The van der Waals surface area contributed by atoms with Crippen LogP contribution in [-0.2, 0) is 4.74 Å². The smallest absolute Gasteiger partial charge is 0.0594 e. The van der Waals surface area contributed by atoms with Crippen molar-refractivity contribution in [2.75, 3.05) is 32.8 Å². The van der Waals surface area contributed by atoms with Crippen LogP contribution in [0.15, 0.2) is 0 Å². The Bertz CT molecular complexity index is 264. The van der Waals surface area contributed by atoms with Crippen molar-refractivity contribution >= 4 is 0 Å². The minimum atomic E-state index is 0.607. The molecule has 2 rings (SSSR count). The predicted octanol–water partition coefficient (Wildman–Crippen LogP) is 2.90. The number of rotatable bonds is 6. The zero-order valence-electron chi connectivity index (χ0n) is 13.7. The van der Waals surface area contributed by atoms with Crippen LogP contribution in [0.5, 0.6) is 0 Å². The van der Waals surface area contributed by atoms with Gasteiger partial charge in [0.15, 0.2) is 0 Å². The molecule has 2 aliphatic rings. The fraction of sp³-hybridized carbons (Fsp3) is 1.00. The number of morpholine rings is 1. The van der Waals surface area contributed by atoms with E-state index in [0.717, 1.165) is 44.2 Å². The standard InChI is InChI=1S/C17H34N2O/c1-14(2)11-16-5-4-6-17(12-16)18-15(3)13-19-7-9-20-10-8-19/h14-18H,4-13H2,1-3H3. The first-order chi connectivity index (χ1) is 9.63. The molecule has 0 bridgehead atoms. The molecule has 3 atom stereocenters. The highest BCUT2D eigenvalue weighted by molar-refractivity contribution is 4.82. The number of hydrogen-bond donors (Lipinski definition) is 1. The molecule has 0 aromatic carbocycles.